The third kappa shape index (κ3) is 5.54. The largest absolute Gasteiger partial charge is 0.461 e. The number of ether oxygens (including phenoxy) is 1. The molecule has 30 heavy (non-hydrogen) atoms. The van der Waals surface area contributed by atoms with Gasteiger partial charge in [-0.3, -0.25) is 0 Å². The van der Waals surface area contributed by atoms with E-state index in [1.54, 1.807) is 18.3 Å². The van der Waals surface area contributed by atoms with E-state index in [-0.39, 0.29) is 11.6 Å². The Morgan fingerprint density at radius 3 is 2.63 bits per heavy atom. The first-order valence-corrected chi connectivity index (χ1v) is 8.83. The van der Waals surface area contributed by atoms with Crippen LogP contribution in [0.25, 0.3) is 11.3 Å². The summed E-state index contributed by atoms with van der Waals surface area (Å²) in [4.78, 5) is 12.7. The normalized spacial score (nSPS) is 11.4. The smallest absolute Gasteiger partial charge is 0.428 e. The number of hydrogen-bond acceptors (Lipinski definition) is 7. The SMILES string of the molecule is NCCNc1ccc(-c2ccnc(Nc3cccc(OC(F)(F)C(F)F)c3)n2)cn1. The van der Waals surface area contributed by atoms with Crippen molar-refractivity contribution in [2.75, 3.05) is 23.7 Å². The highest BCUT2D eigenvalue weighted by Gasteiger charge is 2.43. The third-order valence-corrected chi connectivity index (χ3v) is 3.76. The van der Waals surface area contributed by atoms with E-state index in [1.807, 2.05) is 6.07 Å². The molecule has 0 saturated carbocycles. The fourth-order valence-electron chi connectivity index (χ4n) is 2.40. The van der Waals surface area contributed by atoms with Gasteiger partial charge in [-0.15, -0.1) is 0 Å². The standard InChI is InChI=1S/C19H18F4N6O/c20-17(21)19(22,23)30-14-3-1-2-13(10-14)28-18-26-8-6-15(29-18)12-4-5-16(27-11-12)25-9-7-24/h1-6,8,10-11,17H,7,9,24H2,(H,25,27)(H,26,28,29). The van der Waals surface area contributed by atoms with Crippen molar-refractivity contribution in [2.24, 2.45) is 5.73 Å². The molecule has 0 aliphatic carbocycles. The number of anilines is 3. The fourth-order valence-corrected chi connectivity index (χ4v) is 2.40. The molecular formula is C19H18F4N6O. The molecule has 4 N–H and O–H groups in total. The average molecular weight is 422 g/mol. The second-order valence-electron chi connectivity index (χ2n) is 6.03. The van der Waals surface area contributed by atoms with E-state index in [0.717, 1.165) is 17.7 Å². The molecule has 1 aromatic carbocycles. The van der Waals surface area contributed by atoms with E-state index >= 15 is 0 Å². The first-order chi connectivity index (χ1) is 14.4. The summed E-state index contributed by atoms with van der Waals surface area (Å²) >= 11 is 0. The zero-order valence-electron chi connectivity index (χ0n) is 15.5. The van der Waals surface area contributed by atoms with E-state index in [1.165, 1.54) is 18.3 Å². The molecule has 11 heteroatoms. The highest BCUT2D eigenvalue weighted by molar-refractivity contribution is 5.62. The Morgan fingerprint density at radius 2 is 1.93 bits per heavy atom. The van der Waals surface area contributed by atoms with Gasteiger partial charge in [-0.05, 0) is 30.3 Å². The molecule has 3 rings (SSSR count). The molecule has 0 bridgehead atoms. The van der Waals surface area contributed by atoms with Crippen LogP contribution in [-0.4, -0.2) is 40.6 Å². The molecule has 0 unspecified atom stereocenters. The van der Waals surface area contributed by atoms with Crippen LogP contribution in [0.3, 0.4) is 0 Å². The summed E-state index contributed by atoms with van der Waals surface area (Å²) in [6.45, 7) is 1.08. The van der Waals surface area contributed by atoms with Gasteiger partial charge in [-0.2, -0.15) is 17.6 Å². The lowest BCUT2D eigenvalue weighted by molar-refractivity contribution is -0.253. The maximum atomic E-state index is 13.1. The molecule has 0 saturated heterocycles. The number of nitrogens with zero attached hydrogens (tertiary/aromatic N) is 3. The number of nitrogens with one attached hydrogen (secondary N) is 2. The number of nitrogens with two attached hydrogens (primary N) is 1. The monoisotopic (exact) mass is 422 g/mol. The topological polar surface area (TPSA) is 98.0 Å². The summed E-state index contributed by atoms with van der Waals surface area (Å²) in [5.41, 5.74) is 7.02. The minimum absolute atomic E-state index is 0.176. The van der Waals surface area contributed by atoms with Crippen LogP contribution in [-0.2, 0) is 0 Å². The molecule has 0 radical (unpaired) electrons. The average Bonchev–Trinajstić information content (AvgIpc) is 2.73. The Morgan fingerprint density at radius 1 is 1.10 bits per heavy atom. The van der Waals surface area contributed by atoms with Crippen LogP contribution in [0, 0.1) is 0 Å². The van der Waals surface area contributed by atoms with Gasteiger partial charge in [0, 0.05) is 42.8 Å². The minimum Gasteiger partial charge on any atom is -0.428 e. The molecule has 0 spiro atoms. The van der Waals surface area contributed by atoms with Gasteiger partial charge in [0.05, 0.1) is 5.69 Å². The minimum atomic E-state index is -4.59. The Bertz CT molecular complexity index is 971. The fraction of sp³-hybridized carbons (Fsp3) is 0.211. The van der Waals surface area contributed by atoms with Gasteiger partial charge in [0.2, 0.25) is 5.95 Å². The molecule has 0 aliphatic heterocycles. The van der Waals surface area contributed by atoms with Gasteiger partial charge in [-0.1, -0.05) is 6.07 Å². The molecule has 2 heterocycles. The zero-order valence-corrected chi connectivity index (χ0v) is 15.5. The van der Waals surface area contributed by atoms with Crippen molar-refractivity contribution in [1.82, 2.24) is 15.0 Å². The molecule has 158 valence electrons. The highest BCUT2D eigenvalue weighted by Crippen LogP contribution is 2.29. The van der Waals surface area contributed by atoms with E-state index in [2.05, 4.69) is 30.3 Å². The predicted molar refractivity (Wildman–Crippen MR) is 104 cm³/mol. The van der Waals surface area contributed by atoms with Crippen LogP contribution in [0.1, 0.15) is 0 Å². The van der Waals surface area contributed by atoms with Gasteiger partial charge < -0.3 is 21.1 Å². The van der Waals surface area contributed by atoms with Crippen molar-refractivity contribution in [2.45, 2.75) is 12.5 Å². The van der Waals surface area contributed by atoms with E-state index in [9.17, 15) is 17.6 Å². The summed E-state index contributed by atoms with van der Waals surface area (Å²) in [5, 5.41) is 5.88. The van der Waals surface area contributed by atoms with Crippen LogP contribution < -0.4 is 21.1 Å². The maximum Gasteiger partial charge on any atom is 0.461 e. The Kier molecular flexibility index (Phi) is 6.62. The molecular weight excluding hydrogens is 404 g/mol. The maximum absolute atomic E-state index is 13.1. The number of hydrogen-bond donors (Lipinski definition) is 3. The number of pyridine rings is 1. The van der Waals surface area contributed by atoms with Crippen LogP contribution in [0.2, 0.25) is 0 Å². The van der Waals surface area contributed by atoms with Crippen LogP contribution in [0.15, 0.2) is 54.9 Å². The summed E-state index contributed by atoms with van der Waals surface area (Å²) in [7, 11) is 0. The summed E-state index contributed by atoms with van der Waals surface area (Å²) in [5.74, 6) is 0.427. The van der Waals surface area contributed by atoms with Crippen LogP contribution in [0.5, 0.6) is 5.75 Å². The molecule has 7 nitrogen and oxygen atoms in total. The van der Waals surface area contributed by atoms with Crippen molar-refractivity contribution in [3.8, 4) is 17.0 Å². The Balaban J connectivity index is 1.73. The lowest BCUT2D eigenvalue weighted by atomic mass is 10.2. The Hall–Kier alpha value is -3.47. The van der Waals surface area contributed by atoms with E-state index in [0.29, 0.717) is 24.6 Å². The van der Waals surface area contributed by atoms with Gasteiger partial charge in [0.25, 0.3) is 0 Å². The zero-order chi connectivity index (χ0) is 21.6. The predicted octanol–water partition coefficient (Wildman–Crippen LogP) is 3.89. The highest BCUT2D eigenvalue weighted by atomic mass is 19.3. The second-order valence-corrected chi connectivity index (χ2v) is 6.03. The molecule has 0 aliphatic rings. The van der Waals surface area contributed by atoms with E-state index in [4.69, 9.17) is 5.73 Å². The van der Waals surface area contributed by atoms with Gasteiger partial charge in [0.15, 0.2) is 0 Å². The number of rotatable bonds is 9. The molecule has 0 atom stereocenters. The van der Waals surface area contributed by atoms with Gasteiger partial charge in [0.1, 0.15) is 11.6 Å². The lowest BCUT2D eigenvalue weighted by Gasteiger charge is -2.17. The Labute approximate surface area is 169 Å². The number of aromatic nitrogens is 3. The molecule has 0 fully saturated rings. The number of benzene rings is 1. The van der Waals surface area contributed by atoms with E-state index < -0.39 is 18.3 Å². The van der Waals surface area contributed by atoms with Crippen molar-refractivity contribution in [1.29, 1.82) is 0 Å². The lowest BCUT2D eigenvalue weighted by Crippen LogP contribution is -2.33. The summed E-state index contributed by atoms with van der Waals surface area (Å²) < 4.78 is 54.9. The molecule has 2 aromatic heterocycles. The van der Waals surface area contributed by atoms with Crippen molar-refractivity contribution < 1.29 is 22.3 Å². The number of alkyl halides is 4. The first-order valence-electron chi connectivity index (χ1n) is 8.83. The van der Waals surface area contributed by atoms with Crippen molar-refractivity contribution >= 4 is 17.5 Å². The third-order valence-electron chi connectivity index (χ3n) is 3.76. The quantitative estimate of drug-likeness (QED) is 0.450. The second kappa shape index (κ2) is 9.35. The van der Waals surface area contributed by atoms with Crippen LogP contribution in [0.4, 0.5) is 35.0 Å². The number of halogens is 4. The van der Waals surface area contributed by atoms with Crippen molar-refractivity contribution in [3.05, 3.63) is 54.9 Å². The van der Waals surface area contributed by atoms with Gasteiger partial charge in [-0.25, -0.2) is 15.0 Å². The molecule has 3 aromatic rings. The van der Waals surface area contributed by atoms with Gasteiger partial charge >= 0.3 is 12.5 Å². The first kappa shape index (κ1) is 21.2. The van der Waals surface area contributed by atoms with Crippen molar-refractivity contribution in [3.63, 3.8) is 0 Å². The summed E-state index contributed by atoms with van der Waals surface area (Å²) in [6.07, 6.45) is -5.39. The van der Waals surface area contributed by atoms with Crippen LogP contribution >= 0.6 is 0 Å². The summed E-state index contributed by atoms with van der Waals surface area (Å²) in [6, 6.07) is 10.5. The molecule has 0 amide bonds.